The molecule has 2 amide bonds. The van der Waals surface area contributed by atoms with Gasteiger partial charge in [0.1, 0.15) is 5.82 Å². The molecule has 138 valence electrons. The Balaban J connectivity index is 1.42. The monoisotopic (exact) mass is 356 g/mol. The van der Waals surface area contributed by atoms with Crippen LogP contribution in [0.1, 0.15) is 19.3 Å². The number of para-hydroxylation sites is 1. The molecule has 2 heterocycles. The summed E-state index contributed by atoms with van der Waals surface area (Å²) in [7, 11) is 0. The van der Waals surface area contributed by atoms with Gasteiger partial charge in [0.05, 0.1) is 5.52 Å². The topological polar surface area (TPSA) is 97.6 Å². The van der Waals surface area contributed by atoms with Crippen LogP contribution in [0.25, 0.3) is 10.9 Å². The fourth-order valence-corrected chi connectivity index (χ4v) is 3.25. The second-order valence-electron chi connectivity index (χ2n) is 6.55. The van der Waals surface area contributed by atoms with Crippen LogP contribution in [0.15, 0.2) is 36.4 Å². The number of anilines is 1. The van der Waals surface area contributed by atoms with Crippen molar-refractivity contribution in [1.82, 2.24) is 10.3 Å². The Morgan fingerprint density at radius 3 is 2.73 bits per heavy atom. The van der Waals surface area contributed by atoms with E-state index in [1.807, 2.05) is 18.2 Å². The fraction of sp³-hybridized carbons (Fsp3) is 0.421. The molecule has 0 radical (unpaired) electrons. The zero-order chi connectivity index (χ0) is 18.4. The minimum absolute atomic E-state index is 0.386. The SMILES string of the molecule is NC(=O)COC(=O)NCCC1CCN(c2ccc3ccccc3n2)CC1. The largest absolute Gasteiger partial charge is 0.439 e. The summed E-state index contributed by atoms with van der Waals surface area (Å²) in [6.07, 6.45) is 2.42. The zero-order valence-electron chi connectivity index (χ0n) is 14.7. The molecule has 2 aromatic rings. The van der Waals surface area contributed by atoms with Crippen LogP contribution in [0.5, 0.6) is 0 Å². The number of nitrogens with two attached hydrogens (primary N) is 1. The van der Waals surface area contributed by atoms with Gasteiger partial charge in [-0.05, 0) is 43.4 Å². The third-order valence-electron chi connectivity index (χ3n) is 4.69. The first-order valence-corrected chi connectivity index (χ1v) is 8.91. The summed E-state index contributed by atoms with van der Waals surface area (Å²) in [5.41, 5.74) is 5.94. The van der Waals surface area contributed by atoms with Crippen molar-refractivity contribution in [3.63, 3.8) is 0 Å². The lowest BCUT2D eigenvalue weighted by Crippen LogP contribution is -2.36. The molecule has 0 atom stereocenters. The van der Waals surface area contributed by atoms with Crippen molar-refractivity contribution in [3.8, 4) is 0 Å². The molecule has 1 aromatic heterocycles. The van der Waals surface area contributed by atoms with Gasteiger partial charge in [0.15, 0.2) is 6.61 Å². The molecule has 3 N–H and O–H groups in total. The van der Waals surface area contributed by atoms with Crippen LogP contribution in [0.4, 0.5) is 10.6 Å². The van der Waals surface area contributed by atoms with E-state index < -0.39 is 12.0 Å². The van der Waals surface area contributed by atoms with Crippen LogP contribution in [0, 0.1) is 5.92 Å². The van der Waals surface area contributed by atoms with E-state index in [2.05, 4.69) is 33.2 Å². The molecule has 1 aliphatic heterocycles. The Kier molecular flexibility index (Phi) is 5.88. The van der Waals surface area contributed by atoms with Gasteiger partial charge < -0.3 is 20.7 Å². The summed E-state index contributed by atoms with van der Waals surface area (Å²) in [6.45, 7) is 2.07. The molecule has 26 heavy (non-hydrogen) atoms. The third-order valence-corrected chi connectivity index (χ3v) is 4.69. The van der Waals surface area contributed by atoms with Gasteiger partial charge in [-0.3, -0.25) is 4.79 Å². The van der Waals surface area contributed by atoms with Gasteiger partial charge in [-0.2, -0.15) is 0 Å². The normalized spacial score (nSPS) is 15.0. The van der Waals surface area contributed by atoms with Gasteiger partial charge in [0, 0.05) is 25.0 Å². The number of hydrogen-bond donors (Lipinski definition) is 2. The van der Waals surface area contributed by atoms with Crippen LogP contribution in [-0.2, 0) is 9.53 Å². The maximum absolute atomic E-state index is 11.4. The van der Waals surface area contributed by atoms with E-state index in [9.17, 15) is 9.59 Å². The molecule has 0 bridgehead atoms. The third kappa shape index (κ3) is 4.84. The smallest absolute Gasteiger partial charge is 0.407 e. The minimum atomic E-state index is -0.658. The van der Waals surface area contributed by atoms with Crippen molar-refractivity contribution in [2.45, 2.75) is 19.3 Å². The zero-order valence-corrected chi connectivity index (χ0v) is 14.7. The average Bonchev–Trinajstić information content (AvgIpc) is 2.66. The Labute approximate surface area is 152 Å². The number of carbonyl (C=O) groups is 2. The highest BCUT2D eigenvalue weighted by Gasteiger charge is 2.20. The van der Waals surface area contributed by atoms with E-state index in [4.69, 9.17) is 10.7 Å². The van der Waals surface area contributed by atoms with Gasteiger partial charge >= 0.3 is 6.09 Å². The highest BCUT2D eigenvalue weighted by Crippen LogP contribution is 2.25. The lowest BCUT2D eigenvalue weighted by atomic mass is 9.93. The number of piperidine rings is 1. The highest BCUT2D eigenvalue weighted by molar-refractivity contribution is 5.80. The van der Waals surface area contributed by atoms with E-state index in [1.165, 1.54) is 0 Å². The number of nitrogens with one attached hydrogen (secondary N) is 1. The number of alkyl carbamates (subject to hydrolysis) is 1. The van der Waals surface area contributed by atoms with Crippen molar-refractivity contribution >= 4 is 28.7 Å². The van der Waals surface area contributed by atoms with Crippen molar-refractivity contribution in [3.05, 3.63) is 36.4 Å². The molecule has 7 heteroatoms. The van der Waals surface area contributed by atoms with Crippen LogP contribution < -0.4 is 16.0 Å². The number of fused-ring (bicyclic) bond motifs is 1. The van der Waals surface area contributed by atoms with Crippen LogP contribution >= 0.6 is 0 Å². The van der Waals surface area contributed by atoms with Gasteiger partial charge in [-0.25, -0.2) is 9.78 Å². The summed E-state index contributed by atoms with van der Waals surface area (Å²) in [4.78, 5) is 29.0. The Bertz CT molecular complexity index is 772. The number of carbonyl (C=O) groups excluding carboxylic acids is 2. The van der Waals surface area contributed by atoms with Gasteiger partial charge in [0.2, 0.25) is 0 Å². The first-order chi connectivity index (χ1) is 12.6. The average molecular weight is 356 g/mol. The summed E-state index contributed by atoms with van der Waals surface area (Å²) >= 11 is 0. The molecule has 0 saturated carbocycles. The van der Waals surface area contributed by atoms with E-state index >= 15 is 0 Å². The predicted octanol–water partition coefficient (Wildman–Crippen LogP) is 2.05. The fourth-order valence-electron chi connectivity index (χ4n) is 3.25. The Hall–Kier alpha value is -2.83. The van der Waals surface area contributed by atoms with E-state index in [0.717, 1.165) is 49.1 Å². The van der Waals surface area contributed by atoms with Crippen LogP contribution in [0.2, 0.25) is 0 Å². The number of amides is 2. The predicted molar refractivity (Wildman–Crippen MR) is 99.8 cm³/mol. The number of aromatic nitrogens is 1. The number of nitrogens with zero attached hydrogens (tertiary/aromatic N) is 2. The molecule has 1 saturated heterocycles. The second kappa shape index (κ2) is 8.51. The molecule has 1 fully saturated rings. The Morgan fingerprint density at radius 2 is 1.96 bits per heavy atom. The molecule has 1 aliphatic rings. The summed E-state index contributed by atoms with van der Waals surface area (Å²) < 4.78 is 4.66. The van der Waals surface area contributed by atoms with Crippen molar-refractivity contribution in [2.75, 3.05) is 31.1 Å². The molecule has 0 aliphatic carbocycles. The molecule has 0 unspecified atom stereocenters. The number of rotatable bonds is 6. The van der Waals surface area contributed by atoms with Crippen molar-refractivity contribution < 1.29 is 14.3 Å². The molecule has 0 spiro atoms. The maximum atomic E-state index is 11.4. The van der Waals surface area contributed by atoms with E-state index in [0.29, 0.717) is 12.5 Å². The van der Waals surface area contributed by atoms with Crippen LogP contribution in [0.3, 0.4) is 0 Å². The van der Waals surface area contributed by atoms with Crippen LogP contribution in [-0.4, -0.2) is 43.2 Å². The second-order valence-corrected chi connectivity index (χ2v) is 6.55. The molecule has 1 aromatic carbocycles. The quantitative estimate of drug-likeness (QED) is 0.825. The first-order valence-electron chi connectivity index (χ1n) is 8.91. The van der Waals surface area contributed by atoms with E-state index in [-0.39, 0.29) is 6.61 Å². The van der Waals surface area contributed by atoms with Crippen molar-refractivity contribution in [2.24, 2.45) is 11.7 Å². The number of ether oxygens (including phenoxy) is 1. The number of pyridine rings is 1. The summed E-state index contributed by atoms with van der Waals surface area (Å²) in [5.74, 6) is 0.924. The lowest BCUT2D eigenvalue weighted by molar-refractivity contribution is -0.120. The lowest BCUT2D eigenvalue weighted by Gasteiger charge is -2.33. The Morgan fingerprint density at radius 1 is 1.19 bits per heavy atom. The minimum Gasteiger partial charge on any atom is -0.439 e. The molecule has 3 rings (SSSR count). The van der Waals surface area contributed by atoms with E-state index in [1.54, 1.807) is 0 Å². The van der Waals surface area contributed by atoms with Gasteiger partial charge in [-0.15, -0.1) is 0 Å². The number of benzene rings is 1. The van der Waals surface area contributed by atoms with Gasteiger partial charge in [0.25, 0.3) is 5.91 Å². The highest BCUT2D eigenvalue weighted by atomic mass is 16.6. The molecular formula is C19H24N4O3. The summed E-state index contributed by atoms with van der Waals surface area (Å²) in [6, 6.07) is 12.3. The number of hydrogen-bond acceptors (Lipinski definition) is 5. The summed E-state index contributed by atoms with van der Waals surface area (Å²) in [5, 5.41) is 3.81. The number of primary amides is 1. The van der Waals surface area contributed by atoms with Crippen molar-refractivity contribution in [1.29, 1.82) is 0 Å². The van der Waals surface area contributed by atoms with Gasteiger partial charge in [-0.1, -0.05) is 18.2 Å². The first kappa shape index (κ1) is 18.0. The molecular weight excluding hydrogens is 332 g/mol. The standard InChI is InChI=1S/C19H24N4O3/c20-17(24)13-26-19(25)21-10-7-14-8-11-23(12-9-14)18-6-5-15-3-1-2-4-16(15)22-18/h1-6,14H,7-13H2,(H2,20,24)(H,21,25). The molecule has 7 nitrogen and oxygen atoms in total. The maximum Gasteiger partial charge on any atom is 0.407 e.